The van der Waals surface area contributed by atoms with Crippen molar-refractivity contribution in [3.05, 3.63) is 58.4 Å². The summed E-state index contributed by atoms with van der Waals surface area (Å²) in [7, 11) is 1.33. The minimum atomic E-state index is -0.523. The highest BCUT2D eigenvalue weighted by Gasteiger charge is 2.17. The van der Waals surface area contributed by atoms with Crippen LogP contribution in [0.2, 0.25) is 0 Å². The lowest BCUT2D eigenvalue weighted by atomic mass is 9.98. The third-order valence-corrected chi connectivity index (χ3v) is 4.27. The molecule has 0 atom stereocenters. The number of nitrogens with two attached hydrogens (primary N) is 2. The van der Waals surface area contributed by atoms with E-state index in [-0.39, 0.29) is 17.3 Å². The van der Waals surface area contributed by atoms with Gasteiger partial charge < -0.3 is 25.6 Å². The van der Waals surface area contributed by atoms with Crippen LogP contribution in [0.25, 0.3) is 22.5 Å². The summed E-state index contributed by atoms with van der Waals surface area (Å²) < 4.78 is 10.6. The number of carbonyl (C=O) groups is 1. The molecule has 3 aromatic rings. The second-order valence-electron chi connectivity index (χ2n) is 6.00. The molecule has 1 aromatic heterocycles. The van der Waals surface area contributed by atoms with Crippen molar-refractivity contribution >= 4 is 17.5 Å². The fraction of sp³-hybridized carbons (Fsp3) is 0.227. The van der Waals surface area contributed by atoms with Gasteiger partial charge in [0, 0.05) is 0 Å². The number of hydrogen-bond donors (Lipinski definition) is 4. The maximum absolute atomic E-state index is 12.1. The number of hydrazine groups is 1. The molecule has 0 aliphatic rings. The number of carbonyl (C=O) groups excluding carboxylic acids is 1. The lowest BCUT2D eigenvalue weighted by Gasteiger charge is -2.14. The average molecular weight is 425 g/mol. The summed E-state index contributed by atoms with van der Waals surface area (Å²) in [6.07, 6.45) is 0. The quantitative estimate of drug-likeness (QED) is 0.268. The van der Waals surface area contributed by atoms with Crippen LogP contribution in [0, 0.1) is 0 Å². The lowest BCUT2D eigenvalue weighted by molar-refractivity contribution is 0.0601. The molecule has 31 heavy (non-hydrogen) atoms. The van der Waals surface area contributed by atoms with E-state index < -0.39 is 11.5 Å². The number of rotatable bonds is 6. The van der Waals surface area contributed by atoms with Gasteiger partial charge in [-0.1, -0.05) is 38.1 Å². The summed E-state index contributed by atoms with van der Waals surface area (Å²) in [5.41, 5.74) is 9.75. The van der Waals surface area contributed by atoms with E-state index in [1.165, 1.54) is 7.11 Å². The summed E-state index contributed by atoms with van der Waals surface area (Å²) in [5, 5.41) is 0. The lowest BCUT2D eigenvalue weighted by Crippen LogP contribution is -2.20. The molecular weight excluding hydrogens is 398 g/mol. The van der Waals surface area contributed by atoms with Crippen LogP contribution >= 0.6 is 0 Å². The van der Waals surface area contributed by atoms with Crippen molar-refractivity contribution in [1.82, 2.24) is 9.97 Å². The van der Waals surface area contributed by atoms with E-state index in [0.717, 1.165) is 5.56 Å². The Balaban J connectivity index is 0.00000166. The summed E-state index contributed by atoms with van der Waals surface area (Å²) in [6, 6.07) is 12.4. The van der Waals surface area contributed by atoms with Crippen molar-refractivity contribution in [3.8, 4) is 28.3 Å². The Morgan fingerprint density at radius 1 is 1.16 bits per heavy atom. The first-order valence-electron chi connectivity index (χ1n) is 9.81. The number of anilines is 2. The van der Waals surface area contributed by atoms with Crippen LogP contribution < -0.4 is 27.3 Å². The van der Waals surface area contributed by atoms with Crippen molar-refractivity contribution in [2.45, 2.75) is 20.8 Å². The predicted octanol–water partition coefficient (Wildman–Crippen LogP) is 3.18. The van der Waals surface area contributed by atoms with Gasteiger partial charge in [0.25, 0.3) is 5.56 Å². The van der Waals surface area contributed by atoms with E-state index >= 15 is 0 Å². The van der Waals surface area contributed by atoms with Crippen molar-refractivity contribution in [2.24, 2.45) is 5.84 Å². The third-order valence-electron chi connectivity index (χ3n) is 4.27. The first-order valence-corrected chi connectivity index (χ1v) is 9.81. The fourth-order valence-corrected chi connectivity index (χ4v) is 2.90. The maximum atomic E-state index is 12.1. The number of ether oxygens (including phenoxy) is 2. The number of nitrogens with zero attached hydrogens (tertiary/aromatic N) is 1. The van der Waals surface area contributed by atoms with Gasteiger partial charge in [-0.2, -0.15) is 0 Å². The number of nitrogens with one attached hydrogen (secondary N) is 2. The van der Waals surface area contributed by atoms with E-state index in [9.17, 15) is 9.59 Å². The van der Waals surface area contributed by atoms with Crippen LogP contribution in [0.5, 0.6) is 5.75 Å². The molecule has 0 unspecified atom stereocenters. The Bertz CT molecular complexity index is 1110. The number of aromatic nitrogens is 2. The van der Waals surface area contributed by atoms with Gasteiger partial charge >= 0.3 is 5.97 Å². The first-order chi connectivity index (χ1) is 15.0. The Morgan fingerprint density at radius 3 is 2.52 bits per heavy atom. The Kier molecular flexibility index (Phi) is 8.16. The molecule has 0 fully saturated rings. The highest BCUT2D eigenvalue weighted by Crippen LogP contribution is 2.34. The molecule has 2 aromatic carbocycles. The molecule has 3 rings (SSSR count). The van der Waals surface area contributed by atoms with Gasteiger partial charge in [0.1, 0.15) is 17.3 Å². The van der Waals surface area contributed by atoms with Gasteiger partial charge in [-0.15, -0.1) is 0 Å². The minimum absolute atomic E-state index is 0.0614. The molecule has 6 N–H and O–H groups in total. The molecule has 0 aliphatic carbocycles. The molecule has 0 radical (unpaired) electrons. The van der Waals surface area contributed by atoms with Crippen molar-refractivity contribution in [3.63, 3.8) is 0 Å². The van der Waals surface area contributed by atoms with Crippen LogP contribution in [-0.4, -0.2) is 29.7 Å². The summed E-state index contributed by atoms with van der Waals surface area (Å²) in [6.45, 7) is 6.22. The first kappa shape index (κ1) is 23.4. The van der Waals surface area contributed by atoms with Gasteiger partial charge in [0.2, 0.25) is 0 Å². The van der Waals surface area contributed by atoms with Crippen LogP contribution in [0.3, 0.4) is 0 Å². The number of methoxy groups -OCH3 is 1. The monoisotopic (exact) mass is 425 g/mol. The summed E-state index contributed by atoms with van der Waals surface area (Å²) >= 11 is 0. The van der Waals surface area contributed by atoms with Gasteiger partial charge in [0.05, 0.1) is 24.8 Å². The molecule has 0 aliphatic heterocycles. The van der Waals surface area contributed by atoms with E-state index in [4.69, 9.17) is 21.1 Å². The smallest absolute Gasteiger partial charge is 0.338 e. The zero-order valence-corrected chi connectivity index (χ0v) is 18.0. The van der Waals surface area contributed by atoms with Crippen LogP contribution in [-0.2, 0) is 4.74 Å². The molecule has 0 spiro atoms. The Morgan fingerprint density at radius 2 is 1.87 bits per heavy atom. The second-order valence-corrected chi connectivity index (χ2v) is 6.00. The van der Waals surface area contributed by atoms with E-state index in [0.29, 0.717) is 29.0 Å². The maximum Gasteiger partial charge on any atom is 0.338 e. The van der Waals surface area contributed by atoms with Crippen molar-refractivity contribution < 1.29 is 14.3 Å². The summed E-state index contributed by atoms with van der Waals surface area (Å²) in [4.78, 5) is 31.1. The topological polar surface area (TPSA) is 145 Å². The van der Waals surface area contributed by atoms with Gasteiger partial charge in [-0.25, -0.2) is 15.6 Å². The van der Waals surface area contributed by atoms with Gasteiger partial charge in [-0.05, 0) is 36.2 Å². The molecule has 0 saturated heterocycles. The second kappa shape index (κ2) is 10.8. The van der Waals surface area contributed by atoms with Crippen molar-refractivity contribution in [1.29, 1.82) is 0 Å². The standard InChI is InChI=1S/C20H21N5O4.C2H6/c1-3-29-15-10-11(12-6-4-5-7-13(12)20(27)28-2)8-9-14(15)17-23-18(25-22)16(21)19(26)24-17;1-2/h4-10H,3,21-22H2,1-2H3,(H2,23,24,25,26);1-2H3. The molecule has 9 nitrogen and oxygen atoms in total. The van der Waals surface area contributed by atoms with Crippen LogP contribution in [0.1, 0.15) is 31.1 Å². The van der Waals surface area contributed by atoms with Crippen LogP contribution in [0.4, 0.5) is 11.5 Å². The number of H-pyrrole nitrogens is 1. The van der Waals surface area contributed by atoms with Gasteiger partial charge in [-0.3, -0.25) is 4.79 Å². The zero-order chi connectivity index (χ0) is 23.0. The Hall–Kier alpha value is -3.85. The number of hydrogen-bond acceptors (Lipinski definition) is 8. The number of benzene rings is 2. The van der Waals surface area contributed by atoms with Crippen LogP contribution in [0.15, 0.2) is 47.3 Å². The molecular formula is C22H27N5O4. The molecule has 1 heterocycles. The summed E-state index contributed by atoms with van der Waals surface area (Å²) in [5.74, 6) is 5.74. The minimum Gasteiger partial charge on any atom is -0.493 e. The largest absolute Gasteiger partial charge is 0.493 e. The van der Waals surface area contributed by atoms with Gasteiger partial charge in [0.15, 0.2) is 5.82 Å². The molecule has 9 heteroatoms. The number of nitrogen functional groups attached to an aromatic ring is 2. The normalized spacial score (nSPS) is 9.97. The van der Waals surface area contributed by atoms with E-state index in [1.807, 2.05) is 32.9 Å². The fourth-order valence-electron chi connectivity index (χ4n) is 2.90. The predicted molar refractivity (Wildman–Crippen MR) is 122 cm³/mol. The molecule has 0 saturated carbocycles. The van der Waals surface area contributed by atoms with Crippen molar-refractivity contribution in [2.75, 3.05) is 24.9 Å². The third kappa shape index (κ3) is 5.01. The van der Waals surface area contributed by atoms with E-state index in [1.54, 1.807) is 30.3 Å². The zero-order valence-electron chi connectivity index (χ0n) is 18.0. The number of aromatic amines is 1. The number of esters is 1. The van der Waals surface area contributed by atoms with E-state index in [2.05, 4.69) is 15.4 Å². The average Bonchev–Trinajstić information content (AvgIpc) is 2.81. The highest BCUT2D eigenvalue weighted by molar-refractivity contribution is 5.97. The highest BCUT2D eigenvalue weighted by atomic mass is 16.5. The molecule has 0 amide bonds. The molecule has 0 bridgehead atoms. The molecule has 164 valence electrons. The SMILES string of the molecule is CC.CCOc1cc(-c2ccccc2C(=O)OC)ccc1-c1nc(NN)c(N)c(=O)[nH]1. The Labute approximate surface area is 180 Å².